The summed E-state index contributed by atoms with van der Waals surface area (Å²) >= 11 is 3.40. The minimum absolute atomic E-state index is 0.0443. The van der Waals surface area contributed by atoms with E-state index in [-0.39, 0.29) is 12.1 Å². The van der Waals surface area contributed by atoms with Crippen molar-refractivity contribution in [3.63, 3.8) is 0 Å². The molecular formula is C25H27BrN2O6. The first-order valence-corrected chi connectivity index (χ1v) is 11.8. The molecule has 0 aromatic heterocycles. The predicted octanol–water partition coefficient (Wildman–Crippen LogP) is 4.70. The van der Waals surface area contributed by atoms with Crippen molar-refractivity contribution in [2.75, 3.05) is 20.3 Å². The lowest BCUT2D eigenvalue weighted by Crippen LogP contribution is -2.53. The zero-order valence-electron chi connectivity index (χ0n) is 19.4. The molecule has 0 radical (unpaired) electrons. The molecule has 1 aliphatic rings. The molecule has 8 nitrogen and oxygen atoms in total. The van der Waals surface area contributed by atoms with Crippen LogP contribution in [0.15, 0.2) is 46.4 Å². The van der Waals surface area contributed by atoms with Crippen molar-refractivity contribution < 1.29 is 28.6 Å². The summed E-state index contributed by atoms with van der Waals surface area (Å²) in [6.07, 6.45) is 3.09. The highest BCUT2D eigenvalue weighted by atomic mass is 79.9. The van der Waals surface area contributed by atoms with E-state index >= 15 is 0 Å². The summed E-state index contributed by atoms with van der Waals surface area (Å²) in [5.41, 5.74) is 1.04. The van der Waals surface area contributed by atoms with Crippen LogP contribution < -0.4 is 19.5 Å². The number of barbiturate groups is 1. The normalized spacial score (nSPS) is 14.9. The molecule has 0 atom stereocenters. The van der Waals surface area contributed by atoms with Gasteiger partial charge in [-0.2, -0.15) is 0 Å². The van der Waals surface area contributed by atoms with Crippen LogP contribution in [0.25, 0.3) is 6.08 Å². The molecule has 0 saturated carbocycles. The fourth-order valence-corrected chi connectivity index (χ4v) is 3.67. The van der Waals surface area contributed by atoms with E-state index in [4.69, 9.17) is 14.2 Å². The lowest BCUT2D eigenvalue weighted by Gasteiger charge is -2.26. The largest absolute Gasteiger partial charge is 0.493 e. The molecule has 2 aromatic rings. The number of nitrogens with zero attached hydrogens (tertiary/aromatic N) is 1. The Kier molecular flexibility index (Phi) is 8.70. The molecule has 1 saturated heterocycles. The van der Waals surface area contributed by atoms with E-state index in [1.807, 2.05) is 19.9 Å². The smallest absolute Gasteiger partial charge is 0.331 e. The van der Waals surface area contributed by atoms with Gasteiger partial charge in [0.15, 0.2) is 11.5 Å². The number of benzene rings is 2. The zero-order chi connectivity index (χ0) is 24.7. The molecule has 0 spiro atoms. The Morgan fingerprint density at radius 2 is 1.62 bits per heavy atom. The van der Waals surface area contributed by atoms with Crippen molar-refractivity contribution in [2.45, 2.75) is 33.2 Å². The molecule has 0 aliphatic carbocycles. The van der Waals surface area contributed by atoms with Crippen LogP contribution in [0.2, 0.25) is 0 Å². The van der Waals surface area contributed by atoms with E-state index in [1.54, 1.807) is 30.3 Å². The quantitative estimate of drug-likeness (QED) is 0.353. The van der Waals surface area contributed by atoms with Crippen molar-refractivity contribution >= 4 is 39.9 Å². The number of carbonyl (C=O) groups excluding carboxylic acids is 3. The maximum atomic E-state index is 13.2. The number of nitrogens with one attached hydrogen (secondary N) is 1. The monoisotopic (exact) mass is 530 g/mol. The summed E-state index contributed by atoms with van der Waals surface area (Å²) in [7, 11) is 1.52. The molecular weight excluding hydrogens is 504 g/mol. The Labute approximate surface area is 207 Å². The number of amides is 4. The average molecular weight is 531 g/mol. The number of carbonyl (C=O) groups is 3. The number of imide groups is 2. The van der Waals surface area contributed by atoms with Gasteiger partial charge in [0.05, 0.1) is 26.9 Å². The van der Waals surface area contributed by atoms with Gasteiger partial charge in [0.25, 0.3) is 11.8 Å². The molecule has 4 amide bonds. The van der Waals surface area contributed by atoms with E-state index in [2.05, 4.69) is 21.2 Å². The SMILES string of the molecule is CCCOc1ccc(Br)cc1/C=C1\C(=O)NC(=O)N(Cc2ccc(OCCC)c(OC)c2)C1=O. The highest BCUT2D eigenvalue weighted by molar-refractivity contribution is 9.10. The summed E-state index contributed by atoms with van der Waals surface area (Å²) < 4.78 is 17.6. The first-order valence-electron chi connectivity index (χ1n) is 11.0. The van der Waals surface area contributed by atoms with Crippen LogP contribution >= 0.6 is 15.9 Å². The number of ether oxygens (including phenoxy) is 3. The van der Waals surface area contributed by atoms with Gasteiger partial charge >= 0.3 is 6.03 Å². The molecule has 9 heteroatoms. The number of rotatable bonds is 10. The number of urea groups is 1. The molecule has 1 aliphatic heterocycles. The van der Waals surface area contributed by atoms with Gasteiger partial charge in [0.2, 0.25) is 0 Å². The molecule has 0 bridgehead atoms. The minimum Gasteiger partial charge on any atom is -0.493 e. The van der Waals surface area contributed by atoms with Crippen LogP contribution in [-0.2, 0) is 16.1 Å². The number of halogens is 1. The van der Waals surface area contributed by atoms with E-state index in [0.717, 1.165) is 22.2 Å². The Bertz CT molecular complexity index is 1110. The lowest BCUT2D eigenvalue weighted by atomic mass is 10.1. The molecule has 1 heterocycles. The molecule has 0 unspecified atom stereocenters. The van der Waals surface area contributed by atoms with Gasteiger partial charge in [-0.1, -0.05) is 35.8 Å². The van der Waals surface area contributed by atoms with Gasteiger partial charge in [-0.05, 0) is 54.8 Å². The lowest BCUT2D eigenvalue weighted by molar-refractivity contribution is -0.130. The van der Waals surface area contributed by atoms with Crippen LogP contribution in [0.3, 0.4) is 0 Å². The van der Waals surface area contributed by atoms with Crippen LogP contribution in [-0.4, -0.2) is 43.1 Å². The summed E-state index contributed by atoms with van der Waals surface area (Å²) in [6, 6.07) is 9.72. The Morgan fingerprint density at radius 3 is 2.29 bits per heavy atom. The third kappa shape index (κ3) is 5.96. The maximum absolute atomic E-state index is 13.2. The van der Waals surface area contributed by atoms with E-state index in [0.29, 0.717) is 41.6 Å². The topological polar surface area (TPSA) is 94.2 Å². The summed E-state index contributed by atoms with van der Waals surface area (Å²) in [4.78, 5) is 39.2. The van der Waals surface area contributed by atoms with Crippen LogP contribution in [0, 0.1) is 0 Å². The zero-order valence-corrected chi connectivity index (χ0v) is 20.9. The average Bonchev–Trinajstić information content (AvgIpc) is 2.82. The molecule has 1 fully saturated rings. The second-order valence-corrected chi connectivity index (χ2v) is 8.49. The number of hydrogen-bond acceptors (Lipinski definition) is 6. The highest BCUT2D eigenvalue weighted by Gasteiger charge is 2.36. The summed E-state index contributed by atoms with van der Waals surface area (Å²) in [6.45, 7) is 4.97. The van der Waals surface area contributed by atoms with Gasteiger partial charge < -0.3 is 14.2 Å². The van der Waals surface area contributed by atoms with Gasteiger partial charge in [-0.15, -0.1) is 0 Å². The van der Waals surface area contributed by atoms with Crippen molar-refractivity contribution in [3.05, 3.63) is 57.6 Å². The summed E-state index contributed by atoms with van der Waals surface area (Å²) in [5, 5.41) is 2.25. The van der Waals surface area contributed by atoms with Gasteiger partial charge in [-0.25, -0.2) is 4.79 Å². The molecule has 3 rings (SSSR count). The Balaban J connectivity index is 1.89. The molecule has 34 heavy (non-hydrogen) atoms. The van der Waals surface area contributed by atoms with Gasteiger partial charge in [0.1, 0.15) is 11.3 Å². The molecule has 2 aromatic carbocycles. The minimum atomic E-state index is -0.783. The van der Waals surface area contributed by atoms with Crippen molar-refractivity contribution in [1.82, 2.24) is 10.2 Å². The maximum Gasteiger partial charge on any atom is 0.331 e. The third-order valence-electron chi connectivity index (χ3n) is 4.95. The van der Waals surface area contributed by atoms with Gasteiger partial charge in [-0.3, -0.25) is 19.8 Å². The first kappa shape index (κ1) is 25.3. The van der Waals surface area contributed by atoms with E-state index in [1.165, 1.54) is 13.2 Å². The van der Waals surface area contributed by atoms with Gasteiger partial charge in [0, 0.05) is 10.0 Å². The fraction of sp³-hybridized carbons (Fsp3) is 0.320. The fourth-order valence-electron chi connectivity index (χ4n) is 3.29. The van der Waals surface area contributed by atoms with Crippen LogP contribution in [0.5, 0.6) is 17.2 Å². The van der Waals surface area contributed by atoms with Crippen LogP contribution in [0.4, 0.5) is 4.79 Å². The van der Waals surface area contributed by atoms with Crippen molar-refractivity contribution in [1.29, 1.82) is 0 Å². The number of methoxy groups -OCH3 is 1. The van der Waals surface area contributed by atoms with E-state index in [9.17, 15) is 14.4 Å². The number of hydrogen-bond donors (Lipinski definition) is 1. The van der Waals surface area contributed by atoms with E-state index < -0.39 is 17.8 Å². The predicted molar refractivity (Wildman–Crippen MR) is 131 cm³/mol. The first-order chi connectivity index (χ1) is 16.4. The highest BCUT2D eigenvalue weighted by Crippen LogP contribution is 2.30. The molecule has 1 N–H and O–H groups in total. The second kappa shape index (κ2) is 11.7. The second-order valence-electron chi connectivity index (χ2n) is 7.57. The molecule has 180 valence electrons. The van der Waals surface area contributed by atoms with Crippen molar-refractivity contribution in [3.8, 4) is 17.2 Å². The Hall–Kier alpha value is -3.33. The Morgan fingerprint density at radius 1 is 0.941 bits per heavy atom. The standard InChI is InChI=1S/C25H27BrN2O6/c1-4-10-33-20-9-7-18(26)13-17(20)14-19-23(29)27-25(31)28(24(19)30)15-16-6-8-21(34-11-5-2)22(12-16)32-3/h6-9,12-14H,4-5,10-11,15H2,1-3H3,(H,27,29,31)/b19-14+. The van der Waals surface area contributed by atoms with Crippen LogP contribution in [0.1, 0.15) is 37.8 Å². The third-order valence-corrected chi connectivity index (χ3v) is 5.44. The van der Waals surface area contributed by atoms with Crippen molar-refractivity contribution in [2.24, 2.45) is 0 Å². The summed E-state index contributed by atoms with van der Waals surface area (Å²) in [5.74, 6) is 0.157.